The summed E-state index contributed by atoms with van der Waals surface area (Å²) in [7, 11) is 0. The Morgan fingerprint density at radius 3 is 2.55 bits per heavy atom. The van der Waals surface area contributed by atoms with E-state index in [9.17, 15) is 13.6 Å². The Kier molecular flexibility index (Phi) is 3.80. The number of halogens is 3. The molecule has 0 aromatic heterocycles. The zero-order valence-corrected chi connectivity index (χ0v) is 11.0. The summed E-state index contributed by atoms with van der Waals surface area (Å²) in [5, 5.41) is 13.6. The zero-order chi connectivity index (χ0) is 14.9. The Labute approximate surface area is 118 Å². The molecule has 0 saturated heterocycles. The highest BCUT2D eigenvalue weighted by Crippen LogP contribution is 2.42. The van der Waals surface area contributed by atoms with Crippen molar-refractivity contribution in [1.29, 1.82) is 0 Å². The van der Waals surface area contributed by atoms with Crippen molar-refractivity contribution < 1.29 is 18.8 Å². The number of nitrogens with one attached hydrogen (secondary N) is 1. The highest BCUT2D eigenvalue weighted by atomic mass is 35.5. The lowest BCUT2D eigenvalue weighted by atomic mass is 9.67. The molecule has 1 aromatic carbocycles. The second-order valence-corrected chi connectivity index (χ2v) is 5.03. The van der Waals surface area contributed by atoms with Crippen molar-refractivity contribution in [2.45, 2.75) is 19.3 Å². The number of hydrogen-bond donors (Lipinski definition) is 3. The number of hydrogen-bond acceptors (Lipinski definition) is 3. The van der Waals surface area contributed by atoms with Gasteiger partial charge in [0.1, 0.15) is 11.2 Å². The standard InChI is InChI=1S/C12H12ClF2N3O2/c13-7-4-6(14)5-8(15)9(7)17-11(19)12(2-1-3-12)10(16)18-20/h4-5,20H,1-3H2,(H2,16,18)(H,17,19). The molecule has 5 nitrogen and oxygen atoms in total. The molecular weight excluding hydrogens is 292 g/mol. The molecule has 0 radical (unpaired) electrons. The molecule has 0 atom stereocenters. The van der Waals surface area contributed by atoms with Crippen LogP contribution in [0.15, 0.2) is 17.3 Å². The summed E-state index contributed by atoms with van der Waals surface area (Å²) in [6, 6.07) is 1.50. The molecule has 1 aliphatic carbocycles. The van der Waals surface area contributed by atoms with E-state index in [0.29, 0.717) is 18.9 Å². The number of carbonyl (C=O) groups is 1. The molecule has 20 heavy (non-hydrogen) atoms. The number of carbonyl (C=O) groups excluding carboxylic acids is 1. The van der Waals surface area contributed by atoms with Gasteiger partial charge < -0.3 is 16.3 Å². The van der Waals surface area contributed by atoms with Gasteiger partial charge in [0.05, 0.1) is 10.7 Å². The smallest absolute Gasteiger partial charge is 0.238 e. The summed E-state index contributed by atoms with van der Waals surface area (Å²) in [5.74, 6) is -2.70. The molecule has 1 aromatic rings. The minimum Gasteiger partial charge on any atom is -0.409 e. The molecule has 1 saturated carbocycles. The van der Waals surface area contributed by atoms with E-state index in [2.05, 4.69) is 10.5 Å². The summed E-state index contributed by atoms with van der Waals surface area (Å²) < 4.78 is 26.5. The molecule has 0 aliphatic heterocycles. The van der Waals surface area contributed by atoms with Crippen LogP contribution in [0.5, 0.6) is 0 Å². The summed E-state index contributed by atoms with van der Waals surface area (Å²) in [4.78, 5) is 12.2. The Balaban J connectivity index is 2.29. The predicted octanol–water partition coefficient (Wildman–Crippen LogP) is 2.47. The van der Waals surface area contributed by atoms with Gasteiger partial charge in [0.15, 0.2) is 11.7 Å². The van der Waals surface area contributed by atoms with E-state index in [-0.39, 0.29) is 16.5 Å². The summed E-state index contributed by atoms with van der Waals surface area (Å²) in [6.07, 6.45) is 1.49. The number of amidine groups is 1. The minimum atomic E-state index is -1.17. The van der Waals surface area contributed by atoms with Crippen LogP contribution in [0.4, 0.5) is 14.5 Å². The van der Waals surface area contributed by atoms with Crippen LogP contribution in [-0.4, -0.2) is 17.0 Å². The quantitative estimate of drug-likeness (QED) is 0.347. The van der Waals surface area contributed by atoms with Gasteiger partial charge in [0.25, 0.3) is 0 Å². The lowest BCUT2D eigenvalue weighted by Crippen LogP contribution is -2.51. The van der Waals surface area contributed by atoms with Gasteiger partial charge in [0.2, 0.25) is 5.91 Å². The highest BCUT2D eigenvalue weighted by molar-refractivity contribution is 6.34. The van der Waals surface area contributed by atoms with Gasteiger partial charge in [-0.1, -0.05) is 23.2 Å². The minimum absolute atomic E-state index is 0.236. The van der Waals surface area contributed by atoms with Crippen LogP contribution < -0.4 is 11.1 Å². The summed E-state index contributed by atoms with van der Waals surface area (Å²) in [5.41, 5.74) is 4.03. The van der Waals surface area contributed by atoms with E-state index in [1.807, 2.05) is 0 Å². The van der Waals surface area contributed by atoms with E-state index in [1.54, 1.807) is 0 Å². The van der Waals surface area contributed by atoms with Crippen LogP contribution in [0.3, 0.4) is 0 Å². The Hall–Kier alpha value is -1.89. The fourth-order valence-electron chi connectivity index (χ4n) is 2.12. The maximum Gasteiger partial charge on any atom is 0.238 e. The summed E-state index contributed by atoms with van der Waals surface area (Å²) >= 11 is 5.70. The number of oxime groups is 1. The zero-order valence-electron chi connectivity index (χ0n) is 10.3. The third-order valence-electron chi connectivity index (χ3n) is 3.49. The number of nitrogens with zero attached hydrogens (tertiary/aromatic N) is 1. The Morgan fingerprint density at radius 1 is 1.45 bits per heavy atom. The van der Waals surface area contributed by atoms with Gasteiger partial charge in [-0.05, 0) is 18.9 Å². The topological polar surface area (TPSA) is 87.7 Å². The van der Waals surface area contributed by atoms with Gasteiger partial charge in [-0.2, -0.15) is 0 Å². The molecule has 4 N–H and O–H groups in total. The molecule has 0 heterocycles. The largest absolute Gasteiger partial charge is 0.409 e. The molecule has 2 rings (SSSR count). The number of benzene rings is 1. The first-order valence-corrected chi connectivity index (χ1v) is 6.22. The number of nitrogens with two attached hydrogens (primary N) is 1. The second-order valence-electron chi connectivity index (χ2n) is 4.62. The van der Waals surface area contributed by atoms with Gasteiger partial charge in [-0.3, -0.25) is 4.79 Å². The molecule has 8 heteroatoms. The second kappa shape index (κ2) is 5.24. The normalized spacial score (nSPS) is 17.4. The maximum absolute atomic E-state index is 13.6. The van der Waals surface area contributed by atoms with E-state index < -0.39 is 23.0 Å². The van der Waals surface area contributed by atoms with Gasteiger partial charge in [0, 0.05) is 6.07 Å². The first-order chi connectivity index (χ1) is 9.40. The number of rotatable bonds is 3. The van der Waals surface area contributed by atoms with Crippen molar-refractivity contribution in [2.24, 2.45) is 16.3 Å². The van der Waals surface area contributed by atoms with E-state index in [4.69, 9.17) is 22.5 Å². The van der Waals surface area contributed by atoms with Crippen LogP contribution in [-0.2, 0) is 4.79 Å². The molecule has 0 spiro atoms. The van der Waals surface area contributed by atoms with E-state index in [1.165, 1.54) is 0 Å². The fraction of sp³-hybridized carbons (Fsp3) is 0.333. The SMILES string of the molecule is NC(=NO)C1(C(=O)Nc2c(F)cc(F)cc2Cl)CCC1. The third-order valence-corrected chi connectivity index (χ3v) is 3.78. The molecule has 1 fully saturated rings. The van der Waals surface area contributed by atoms with Crippen molar-refractivity contribution in [3.8, 4) is 0 Å². The fourth-order valence-corrected chi connectivity index (χ4v) is 2.36. The van der Waals surface area contributed by atoms with E-state index >= 15 is 0 Å². The van der Waals surface area contributed by atoms with Gasteiger partial charge in [-0.25, -0.2) is 8.78 Å². The first kappa shape index (κ1) is 14.5. The lowest BCUT2D eigenvalue weighted by Gasteiger charge is -2.38. The highest BCUT2D eigenvalue weighted by Gasteiger charge is 2.48. The van der Waals surface area contributed by atoms with Crippen molar-refractivity contribution in [3.63, 3.8) is 0 Å². The van der Waals surface area contributed by atoms with Crippen molar-refractivity contribution in [3.05, 3.63) is 28.8 Å². The van der Waals surface area contributed by atoms with Crippen LogP contribution in [0.2, 0.25) is 5.02 Å². The molecule has 1 amide bonds. The van der Waals surface area contributed by atoms with Gasteiger partial charge >= 0.3 is 0 Å². The van der Waals surface area contributed by atoms with E-state index in [0.717, 1.165) is 12.5 Å². The van der Waals surface area contributed by atoms with Gasteiger partial charge in [-0.15, -0.1) is 0 Å². The monoisotopic (exact) mass is 303 g/mol. The molecule has 0 bridgehead atoms. The van der Waals surface area contributed by atoms with Crippen LogP contribution in [0.25, 0.3) is 0 Å². The predicted molar refractivity (Wildman–Crippen MR) is 69.7 cm³/mol. The Morgan fingerprint density at radius 2 is 2.10 bits per heavy atom. The van der Waals surface area contributed by atoms with Crippen molar-refractivity contribution in [2.75, 3.05) is 5.32 Å². The molecule has 1 aliphatic rings. The van der Waals surface area contributed by atoms with Crippen molar-refractivity contribution in [1.82, 2.24) is 0 Å². The maximum atomic E-state index is 13.6. The average molecular weight is 304 g/mol. The third kappa shape index (κ3) is 2.29. The number of amides is 1. The van der Waals surface area contributed by atoms with Crippen LogP contribution in [0.1, 0.15) is 19.3 Å². The molecule has 108 valence electrons. The van der Waals surface area contributed by atoms with Crippen LogP contribution in [0, 0.1) is 17.0 Å². The Bertz CT molecular complexity index is 565. The number of anilines is 1. The summed E-state index contributed by atoms with van der Waals surface area (Å²) in [6.45, 7) is 0. The molecule has 0 unspecified atom stereocenters. The van der Waals surface area contributed by atoms with Crippen LogP contribution >= 0.6 is 11.6 Å². The lowest BCUT2D eigenvalue weighted by molar-refractivity contribution is -0.125. The van der Waals surface area contributed by atoms with Crippen molar-refractivity contribution >= 4 is 29.0 Å². The molecular formula is C12H12ClF2N3O2. The first-order valence-electron chi connectivity index (χ1n) is 5.85. The average Bonchev–Trinajstić information content (AvgIpc) is 2.32.